The summed E-state index contributed by atoms with van der Waals surface area (Å²) in [4.78, 5) is 0. The molecule has 0 aromatic heterocycles. The van der Waals surface area contributed by atoms with Crippen LogP contribution in [0.25, 0.3) is 0 Å². The van der Waals surface area contributed by atoms with Crippen LogP contribution in [0.1, 0.15) is 2.74 Å². The number of allylic oxidation sites excluding steroid dienone is 1. The highest BCUT2D eigenvalue weighted by Crippen LogP contribution is 1.58. The van der Waals surface area contributed by atoms with Crippen LogP contribution >= 0.6 is 0 Å². The largest absolute Gasteiger partial charge is 0.247 e. The third kappa shape index (κ3) is 1.67. The van der Waals surface area contributed by atoms with Crippen LogP contribution in [0.2, 0.25) is 0 Å². The van der Waals surface area contributed by atoms with Gasteiger partial charge in [0.05, 0.1) is 2.74 Å². The lowest BCUT2D eigenvalue weighted by molar-refractivity contribution is 0.562. The maximum Gasteiger partial charge on any atom is 0.107 e. The van der Waals surface area contributed by atoms with E-state index in [4.69, 9.17) is 2.74 Å². The fraction of sp³-hybridized carbons (Fsp3) is 0.333. The van der Waals surface area contributed by atoms with Crippen molar-refractivity contribution in [3.05, 3.63) is 12.6 Å². The van der Waals surface area contributed by atoms with E-state index in [1.807, 2.05) is 0 Å². The summed E-state index contributed by atoms with van der Waals surface area (Å²) in [5.41, 5.74) is 0. The molecule has 0 aromatic carbocycles. The minimum absolute atomic E-state index is 0.491. The molecule has 1 heteroatoms. The SMILES string of the molecule is [2H]C(=C)C([2H])F. The second-order valence-electron chi connectivity index (χ2n) is 0.313. The van der Waals surface area contributed by atoms with Gasteiger partial charge in [0.25, 0.3) is 0 Å². The molecule has 0 saturated carbocycles. The van der Waals surface area contributed by atoms with Crippen molar-refractivity contribution in [1.29, 1.82) is 0 Å². The molecule has 0 rings (SSSR count). The van der Waals surface area contributed by atoms with E-state index in [1.54, 1.807) is 0 Å². The van der Waals surface area contributed by atoms with E-state index in [1.165, 1.54) is 0 Å². The van der Waals surface area contributed by atoms with E-state index in [0.29, 0.717) is 0 Å². The molecule has 0 aliphatic rings. The monoisotopic (exact) mass is 62.1 g/mol. The van der Waals surface area contributed by atoms with Crippen molar-refractivity contribution >= 4 is 0 Å². The number of rotatable bonds is 1. The zero-order valence-corrected chi connectivity index (χ0v) is 2.16. The van der Waals surface area contributed by atoms with E-state index < -0.39 is 12.7 Å². The maximum atomic E-state index is 11.2. The lowest BCUT2D eigenvalue weighted by Crippen LogP contribution is -1.48. The highest BCUT2D eigenvalue weighted by atomic mass is 19.1. The average Bonchev–Trinajstić information content (AvgIpc) is 1.36. The zero-order chi connectivity index (χ0) is 5.15. The van der Waals surface area contributed by atoms with E-state index in [9.17, 15) is 4.39 Å². The lowest BCUT2D eigenvalue weighted by Gasteiger charge is -1.54. The van der Waals surface area contributed by atoms with Gasteiger partial charge in [0, 0.05) is 0 Å². The molecule has 1 unspecified atom stereocenters. The van der Waals surface area contributed by atoms with Crippen LogP contribution in [0.15, 0.2) is 12.6 Å². The summed E-state index contributed by atoms with van der Waals surface area (Å²) in [6, 6.07) is -0.491. The molecule has 1 atom stereocenters. The van der Waals surface area contributed by atoms with Gasteiger partial charge in [-0.05, 0) is 0 Å². The Morgan fingerprint density at radius 2 is 3.00 bits per heavy atom. The van der Waals surface area contributed by atoms with Gasteiger partial charge in [-0.25, -0.2) is 4.39 Å². The second-order valence-corrected chi connectivity index (χ2v) is 0.313. The molecule has 0 aromatic rings. The summed E-state index contributed by atoms with van der Waals surface area (Å²) in [7, 11) is 0. The molecule has 0 radical (unpaired) electrons. The summed E-state index contributed by atoms with van der Waals surface area (Å²) in [5, 5.41) is 0. The number of hydrogen-bond acceptors (Lipinski definition) is 0. The van der Waals surface area contributed by atoms with E-state index in [2.05, 4.69) is 6.58 Å². The molecule has 0 heterocycles. The standard InChI is InChI=1S/C3H5F/c1-2-3-4/h2H,1,3H2/i2D,3D. The Hall–Kier alpha value is -0.330. The van der Waals surface area contributed by atoms with Crippen LogP contribution in [0.5, 0.6) is 0 Å². The van der Waals surface area contributed by atoms with Crippen molar-refractivity contribution in [1.82, 2.24) is 0 Å². The second kappa shape index (κ2) is 2.67. The van der Waals surface area contributed by atoms with E-state index in [-0.39, 0.29) is 0 Å². The summed E-state index contributed by atoms with van der Waals surface area (Å²) in [6.45, 7) is 0.933. The fourth-order valence-corrected chi connectivity index (χ4v) is 0. The van der Waals surface area contributed by atoms with Crippen molar-refractivity contribution in [3.8, 4) is 0 Å². The molecule has 0 nitrogen and oxygen atoms in total. The first-order chi connectivity index (χ1) is 2.64. The summed E-state index contributed by atoms with van der Waals surface area (Å²) < 4.78 is 23.6. The van der Waals surface area contributed by atoms with Gasteiger partial charge in [-0.3, -0.25) is 0 Å². The molecular weight excluding hydrogens is 55.0 g/mol. The molecule has 0 spiro atoms. The molecule has 4 heavy (non-hydrogen) atoms. The fourth-order valence-electron chi connectivity index (χ4n) is 0. The molecular formula is C3H5F. The highest BCUT2D eigenvalue weighted by Gasteiger charge is 1.49. The van der Waals surface area contributed by atoms with Gasteiger partial charge >= 0.3 is 0 Å². The molecule has 0 aliphatic heterocycles. The molecule has 0 saturated heterocycles. The molecule has 0 aliphatic carbocycles. The Morgan fingerprint density at radius 3 is 3.00 bits per heavy atom. The molecule has 24 valence electrons. The van der Waals surface area contributed by atoms with Crippen LogP contribution in [-0.2, 0) is 0 Å². The van der Waals surface area contributed by atoms with Crippen molar-refractivity contribution < 1.29 is 7.13 Å². The van der Waals surface area contributed by atoms with Crippen LogP contribution in [0, 0.1) is 0 Å². The predicted octanol–water partition coefficient (Wildman–Crippen LogP) is 1.14. The van der Waals surface area contributed by atoms with Crippen LogP contribution in [-0.4, -0.2) is 6.65 Å². The van der Waals surface area contributed by atoms with Crippen molar-refractivity contribution in [2.45, 2.75) is 0 Å². The summed E-state index contributed by atoms with van der Waals surface area (Å²) in [6.07, 6.45) is 0. The van der Waals surface area contributed by atoms with Gasteiger partial charge in [-0.2, -0.15) is 0 Å². The van der Waals surface area contributed by atoms with Gasteiger partial charge in [0.2, 0.25) is 0 Å². The zero-order valence-electron chi connectivity index (χ0n) is 4.16. The summed E-state index contributed by atoms with van der Waals surface area (Å²) >= 11 is 0. The van der Waals surface area contributed by atoms with Crippen LogP contribution in [0.4, 0.5) is 4.39 Å². The minimum Gasteiger partial charge on any atom is -0.247 e. The van der Waals surface area contributed by atoms with Crippen LogP contribution < -0.4 is 0 Å². The van der Waals surface area contributed by atoms with E-state index >= 15 is 0 Å². The lowest BCUT2D eigenvalue weighted by atomic mass is 10.7. The summed E-state index contributed by atoms with van der Waals surface area (Å²) in [5.74, 6) is 0. The average molecular weight is 62.1 g/mol. The number of halogens is 1. The predicted molar refractivity (Wildman–Crippen MR) is 16.2 cm³/mol. The normalized spacial score (nSPS) is 21.2. The van der Waals surface area contributed by atoms with Gasteiger partial charge in [0.15, 0.2) is 0 Å². The first-order valence-electron chi connectivity index (χ1n) is 1.94. The van der Waals surface area contributed by atoms with Crippen molar-refractivity contribution in [2.75, 3.05) is 6.65 Å². The molecule has 0 N–H and O–H groups in total. The quantitative estimate of drug-likeness (QED) is 0.399. The minimum atomic E-state index is -1.93. The Morgan fingerprint density at radius 1 is 2.75 bits per heavy atom. The Bertz CT molecular complexity index is 59.8. The Kier molecular flexibility index (Phi) is 0.801. The van der Waals surface area contributed by atoms with Gasteiger partial charge < -0.3 is 0 Å². The highest BCUT2D eigenvalue weighted by molar-refractivity contribution is 4.61. The smallest absolute Gasteiger partial charge is 0.107 e. The van der Waals surface area contributed by atoms with Crippen LogP contribution in [0.3, 0.4) is 0 Å². The van der Waals surface area contributed by atoms with E-state index in [0.717, 1.165) is 0 Å². The molecule has 0 amide bonds. The van der Waals surface area contributed by atoms with Crippen molar-refractivity contribution in [3.63, 3.8) is 0 Å². The molecule has 0 fully saturated rings. The van der Waals surface area contributed by atoms with Gasteiger partial charge in [-0.15, -0.1) is 6.58 Å². The topological polar surface area (TPSA) is 0 Å². The van der Waals surface area contributed by atoms with Crippen molar-refractivity contribution in [2.24, 2.45) is 0 Å². The first kappa shape index (κ1) is 1.20. The maximum absolute atomic E-state index is 11.2. The third-order valence-electron chi connectivity index (χ3n) is 0.0772. The van der Waals surface area contributed by atoms with Gasteiger partial charge in [-0.1, -0.05) is 6.05 Å². The number of hydrogen-bond donors (Lipinski definition) is 0. The Labute approximate surface area is 27.8 Å². The first-order valence-corrected chi connectivity index (χ1v) is 0.860. The molecule has 0 bridgehead atoms. The number of alkyl halides is 1. The van der Waals surface area contributed by atoms with Gasteiger partial charge in [0.1, 0.15) is 6.65 Å². The third-order valence-corrected chi connectivity index (χ3v) is 0.0772. The Balaban J connectivity index is 3.26.